The van der Waals surface area contributed by atoms with E-state index in [0.717, 1.165) is 44.7 Å². The first kappa shape index (κ1) is 16.1. The van der Waals surface area contributed by atoms with Crippen LogP contribution in [0.3, 0.4) is 0 Å². The van der Waals surface area contributed by atoms with Crippen molar-refractivity contribution in [1.29, 1.82) is 0 Å². The normalized spacial score (nSPS) is 26.4. The molecule has 4 nitrogen and oxygen atoms in total. The Morgan fingerprint density at radius 1 is 1.45 bits per heavy atom. The predicted molar refractivity (Wildman–Crippen MR) is 84.2 cm³/mol. The Morgan fingerprint density at radius 3 is 2.90 bits per heavy atom. The monoisotopic (exact) mass is 300 g/mol. The molecule has 2 heterocycles. The third-order valence-electron chi connectivity index (χ3n) is 3.98. The molecule has 2 unspecified atom stereocenters. The van der Waals surface area contributed by atoms with Gasteiger partial charge in [0.1, 0.15) is 0 Å². The molecule has 2 aliphatic heterocycles. The highest BCUT2D eigenvalue weighted by molar-refractivity contribution is 7.99. The molecule has 20 heavy (non-hydrogen) atoms. The Kier molecular flexibility index (Phi) is 6.65. The zero-order chi connectivity index (χ0) is 14.4. The van der Waals surface area contributed by atoms with E-state index in [-0.39, 0.29) is 6.10 Å². The van der Waals surface area contributed by atoms with Gasteiger partial charge in [-0.15, -0.1) is 0 Å². The molecule has 2 saturated heterocycles. The third-order valence-corrected chi connectivity index (χ3v) is 5.13. The minimum Gasteiger partial charge on any atom is -0.376 e. The molecule has 5 heteroatoms. The largest absolute Gasteiger partial charge is 0.376 e. The molecule has 0 radical (unpaired) electrons. The van der Waals surface area contributed by atoms with E-state index in [4.69, 9.17) is 4.74 Å². The summed E-state index contributed by atoms with van der Waals surface area (Å²) < 4.78 is 5.72. The van der Waals surface area contributed by atoms with Gasteiger partial charge in [0, 0.05) is 44.0 Å². The van der Waals surface area contributed by atoms with Gasteiger partial charge in [0.2, 0.25) is 5.91 Å². The average Bonchev–Trinajstić information content (AvgIpc) is 3.08. The zero-order valence-corrected chi connectivity index (χ0v) is 13.6. The van der Waals surface area contributed by atoms with Gasteiger partial charge in [0.15, 0.2) is 0 Å². The molecule has 2 aliphatic rings. The molecule has 116 valence electrons. The second-order valence-corrected chi connectivity index (χ2v) is 7.21. The molecule has 1 amide bonds. The van der Waals surface area contributed by atoms with Crippen molar-refractivity contribution >= 4 is 17.7 Å². The van der Waals surface area contributed by atoms with Crippen LogP contribution in [0.2, 0.25) is 0 Å². The fourth-order valence-electron chi connectivity index (χ4n) is 2.84. The Morgan fingerprint density at radius 2 is 2.30 bits per heavy atom. The molecule has 2 rings (SSSR count). The summed E-state index contributed by atoms with van der Waals surface area (Å²) in [6.45, 7) is 6.66. The van der Waals surface area contributed by atoms with Gasteiger partial charge in [0.25, 0.3) is 0 Å². The van der Waals surface area contributed by atoms with Gasteiger partial charge < -0.3 is 15.0 Å². The van der Waals surface area contributed by atoms with Crippen LogP contribution in [0.1, 0.15) is 39.5 Å². The maximum Gasteiger partial charge on any atom is 0.224 e. The molecule has 0 saturated carbocycles. The summed E-state index contributed by atoms with van der Waals surface area (Å²) in [4.78, 5) is 14.6. The van der Waals surface area contributed by atoms with Crippen LogP contribution in [0.4, 0.5) is 0 Å². The van der Waals surface area contributed by atoms with E-state index >= 15 is 0 Å². The highest BCUT2D eigenvalue weighted by Crippen LogP contribution is 2.25. The van der Waals surface area contributed by atoms with E-state index in [1.54, 1.807) is 0 Å². The summed E-state index contributed by atoms with van der Waals surface area (Å²) in [6, 6.07) is 0.868. The Labute approximate surface area is 127 Å². The van der Waals surface area contributed by atoms with Crippen molar-refractivity contribution in [1.82, 2.24) is 10.2 Å². The minimum atomic E-state index is 0.266. The van der Waals surface area contributed by atoms with Crippen LogP contribution in [-0.2, 0) is 9.53 Å². The topological polar surface area (TPSA) is 41.6 Å². The number of rotatable bonds is 7. The second-order valence-electron chi connectivity index (χ2n) is 6.06. The molecule has 2 atom stereocenters. The van der Waals surface area contributed by atoms with Crippen LogP contribution < -0.4 is 5.32 Å². The van der Waals surface area contributed by atoms with Crippen molar-refractivity contribution in [2.24, 2.45) is 0 Å². The lowest BCUT2D eigenvalue weighted by atomic mass is 10.1. The summed E-state index contributed by atoms with van der Waals surface area (Å²) in [7, 11) is 0. The summed E-state index contributed by atoms with van der Waals surface area (Å²) in [5, 5.41) is 3.33. The molecule has 0 aliphatic carbocycles. The highest BCUT2D eigenvalue weighted by Gasteiger charge is 2.30. The van der Waals surface area contributed by atoms with E-state index in [0.29, 0.717) is 24.4 Å². The van der Waals surface area contributed by atoms with Gasteiger partial charge in [-0.05, 0) is 25.0 Å². The van der Waals surface area contributed by atoms with Gasteiger partial charge in [-0.25, -0.2) is 0 Å². The number of ether oxygens (including phenoxy) is 1. The van der Waals surface area contributed by atoms with Crippen molar-refractivity contribution in [3.05, 3.63) is 0 Å². The van der Waals surface area contributed by atoms with E-state index in [9.17, 15) is 4.79 Å². The van der Waals surface area contributed by atoms with Crippen LogP contribution in [-0.4, -0.2) is 60.2 Å². The number of thioether (sulfide) groups is 1. The summed E-state index contributed by atoms with van der Waals surface area (Å²) >= 11 is 1.96. The van der Waals surface area contributed by atoms with Crippen LogP contribution in [0, 0.1) is 0 Å². The van der Waals surface area contributed by atoms with Gasteiger partial charge in [-0.2, -0.15) is 11.8 Å². The van der Waals surface area contributed by atoms with Crippen molar-refractivity contribution in [2.45, 2.75) is 57.7 Å². The van der Waals surface area contributed by atoms with Crippen molar-refractivity contribution < 1.29 is 9.53 Å². The van der Waals surface area contributed by atoms with Crippen molar-refractivity contribution in [2.75, 3.05) is 31.2 Å². The molecule has 0 aromatic rings. The molecular formula is C15H28N2O2S. The standard InChI is InChI=1S/C15H28N2O2S/c1-12(2)16-7-5-15(18)17(13-6-9-20-11-13)10-14-4-3-8-19-14/h12-14,16H,3-11H2,1-2H3. The van der Waals surface area contributed by atoms with E-state index in [1.165, 1.54) is 5.75 Å². The van der Waals surface area contributed by atoms with Gasteiger partial charge in [-0.3, -0.25) is 4.79 Å². The Hall–Kier alpha value is -0.260. The van der Waals surface area contributed by atoms with Crippen LogP contribution >= 0.6 is 11.8 Å². The molecule has 1 N–H and O–H groups in total. The van der Waals surface area contributed by atoms with E-state index < -0.39 is 0 Å². The number of carbonyl (C=O) groups excluding carboxylic acids is 1. The maximum absolute atomic E-state index is 12.5. The minimum absolute atomic E-state index is 0.266. The smallest absolute Gasteiger partial charge is 0.224 e. The number of amides is 1. The first-order chi connectivity index (χ1) is 9.66. The van der Waals surface area contributed by atoms with Crippen LogP contribution in [0.25, 0.3) is 0 Å². The first-order valence-electron chi connectivity index (χ1n) is 7.89. The lowest BCUT2D eigenvalue weighted by molar-refractivity contribution is -0.134. The molecule has 0 aromatic carbocycles. The lowest BCUT2D eigenvalue weighted by Crippen LogP contribution is -2.45. The number of nitrogens with one attached hydrogen (secondary N) is 1. The molecule has 0 spiro atoms. The van der Waals surface area contributed by atoms with Crippen LogP contribution in [0.5, 0.6) is 0 Å². The summed E-state index contributed by atoms with van der Waals surface area (Å²) in [5.74, 6) is 2.57. The fraction of sp³-hybridized carbons (Fsp3) is 0.933. The quantitative estimate of drug-likeness (QED) is 0.779. The van der Waals surface area contributed by atoms with E-state index in [1.807, 2.05) is 11.8 Å². The van der Waals surface area contributed by atoms with Gasteiger partial charge in [0.05, 0.1) is 6.10 Å². The number of hydrogen-bond acceptors (Lipinski definition) is 4. The molecule has 0 bridgehead atoms. The van der Waals surface area contributed by atoms with Gasteiger partial charge >= 0.3 is 0 Å². The van der Waals surface area contributed by atoms with E-state index in [2.05, 4.69) is 24.1 Å². The van der Waals surface area contributed by atoms with Gasteiger partial charge in [-0.1, -0.05) is 13.8 Å². The first-order valence-corrected chi connectivity index (χ1v) is 9.04. The number of carbonyl (C=O) groups is 1. The number of hydrogen-bond donors (Lipinski definition) is 1. The summed E-state index contributed by atoms with van der Waals surface area (Å²) in [6.07, 6.45) is 4.25. The SMILES string of the molecule is CC(C)NCCC(=O)N(CC1CCCO1)C1CCSC1. The third kappa shape index (κ3) is 4.93. The average molecular weight is 300 g/mol. The molecular weight excluding hydrogens is 272 g/mol. The predicted octanol–water partition coefficient (Wildman–Crippen LogP) is 1.89. The maximum atomic E-state index is 12.5. The van der Waals surface area contributed by atoms with Crippen molar-refractivity contribution in [3.63, 3.8) is 0 Å². The van der Waals surface area contributed by atoms with Crippen molar-refractivity contribution in [3.8, 4) is 0 Å². The molecule has 0 aromatic heterocycles. The Bertz CT molecular complexity index is 300. The second kappa shape index (κ2) is 8.25. The van der Waals surface area contributed by atoms with Crippen LogP contribution in [0.15, 0.2) is 0 Å². The number of nitrogens with zero attached hydrogens (tertiary/aromatic N) is 1. The fourth-order valence-corrected chi connectivity index (χ4v) is 4.07. The highest BCUT2D eigenvalue weighted by atomic mass is 32.2. The lowest BCUT2D eigenvalue weighted by Gasteiger charge is -2.31. The Balaban J connectivity index is 1.85. The summed E-state index contributed by atoms with van der Waals surface area (Å²) in [5.41, 5.74) is 0. The zero-order valence-electron chi connectivity index (χ0n) is 12.8. The molecule has 2 fully saturated rings.